The van der Waals surface area contributed by atoms with Crippen LogP contribution in [-0.4, -0.2) is 48.7 Å². The normalized spacial score (nSPS) is 20.2. The Morgan fingerprint density at radius 2 is 1.85 bits per heavy atom. The molecule has 10 nitrogen and oxygen atoms in total. The Labute approximate surface area is 236 Å². The van der Waals surface area contributed by atoms with Gasteiger partial charge in [0.1, 0.15) is 11.2 Å². The summed E-state index contributed by atoms with van der Waals surface area (Å²) in [6, 6.07) is 7.39. The summed E-state index contributed by atoms with van der Waals surface area (Å²) in [6.45, 7) is 4.04. The van der Waals surface area contributed by atoms with Gasteiger partial charge >= 0.3 is 5.76 Å². The number of nitrogens with zero attached hydrogens (tertiary/aromatic N) is 5. The number of halogens is 1. The fourth-order valence-electron chi connectivity index (χ4n) is 6.18. The number of fused-ring (bicyclic) bond motifs is 1. The number of aromatic amines is 1. The van der Waals surface area contributed by atoms with Crippen LogP contribution in [0.15, 0.2) is 33.6 Å². The first-order chi connectivity index (χ1) is 19.5. The molecule has 40 heavy (non-hydrogen) atoms. The smallest absolute Gasteiger partial charge is 0.381 e. The third-order valence-corrected chi connectivity index (χ3v) is 8.50. The Bertz CT molecular complexity index is 1560. The lowest BCUT2D eigenvalue weighted by Gasteiger charge is -2.29. The summed E-state index contributed by atoms with van der Waals surface area (Å²) in [7, 11) is 0. The van der Waals surface area contributed by atoms with Gasteiger partial charge in [0.15, 0.2) is 11.5 Å². The number of H-pyrrole nitrogens is 1. The van der Waals surface area contributed by atoms with Crippen molar-refractivity contribution in [2.75, 3.05) is 13.2 Å². The van der Waals surface area contributed by atoms with Gasteiger partial charge in [0.05, 0.1) is 0 Å². The maximum atomic E-state index is 13.9. The van der Waals surface area contributed by atoms with E-state index in [1.54, 1.807) is 6.07 Å². The van der Waals surface area contributed by atoms with E-state index in [0.717, 1.165) is 24.3 Å². The van der Waals surface area contributed by atoms with Gasteiger partial charge in [0.25, 0.3) is 0 Å². The van der Waals surface area contributed by atoms with Gasteiger partial charge in [-0.1, -0.05) is 61.5 Å². The average Bonchev–Trinajstić information content (AvgIpc) is 3.57. The number of imidazole rings is 1. The van der Waals surface area contributed by atoms with Crippen molar-refractivity contribution in [1.82, 2.24) is 29.7 Å². The summed E-state index contributed by atoms with van der Waals surface area (Å²) in [5.41, 5.74) is 2.39. The lowest BCUT2D eigenvalue weighted by atomic mass is 9.80. The number of carbonyl (C=O) groups excluding carboxylic acids is 1. The minimum atomic E-state index is -0.706. The number of ketones is 1. The first kappa shape index (κ1) is 26.8. The zero-order chi connectivity index (χ0) is 27.6. The molecule has 1 aliphatic carbocycles. The highest BCUT2D eigenvalue weighted by molar-refractivity contribution is 6.30. The van der Waals surface area contributed by atoms with Gasteiger partial charge in [-0.15, -0.1) is 0 Å². The number of aromatic nitrogens is 6. The lowest BCUT2D eigenvalue weighted by Crippen LogP contribution is -2.27. The molecule has 4 heterocycles. The third kappa shape index (κ3) is 5.47. The van der Waals surface area contributed by atoms with E-state index in [1.165, 1.54) is 25.7 Å². The molecule has 1 saturated carbocycles. The van der Waals surface area contributed by atoms with E-state index < -0.39 is 5.76 Å². The highest BCUT2D eigenvalue weighted by Gasteiger charge is 2.32. The van der Waals surface area contributed by atoms with Gasteiger partial charge in [-0.05, 0) is 49.7 Å². The Kier molecular flexibility index (Phi) is 7.80. The molecule has 1 aliphatic heterocycles. The number of hydrogen-bond acceptors (Lipinski definition) is 8. The molecule has 0 bridgehead atoms. The summed E-state index contributed by atoms with van der Waals surface area (Å²) in [6.07, 6.45) is 8.45. The van der Waals surface area contributed by atoms with Crippen LogP contribution in [0.1, 0.15) is 68.9 Å². The van der Waals surface area contributed by atoms with E-state index in [9.17, 15) is 9.59 Å². The number of ether oxygens (including phenoxy) is 1. The van der Waals surface area contributed by atoms with E-state index in [2.05, 4.69) is 22.0 Å². The van der Waals surface area contributed by atoms with Crippen molar-refractivity contribution >= 4 is 28.5 Å². The van der Waals surface area contributed by atoms with E-state index in [0.29, 0.717) is 66.2 Å². The fourth-order valence-corrected chi connectivity index (χ4v) is 6.37. The Morgan fingerprint density at radius 3 is 2.55 bits per heavy atom. The third-order valence-electron chi connectivity index (χ3n) is 8.27. The van der Waals surface area contributed by atoms with E-state index in [1.807, 2.05) is 22.8 Å². The standard InChI is InChI=1S/C29H33ClN6O4/c1-2-4-17-7-9-18(10-8-17)16-36-23-22(20-5-3-6-21(30)15-20)31-26(27-34-29(38)40-35-27)32-25(23)33-28(36)24(37)19-11-13-39-14-12-19/h3,5-6,15,17-19H,2,4,7-14,16H2,1H3,(H,34,35,38). The van der Waals surface area contributed by atoms with Crippen molar-refractivity contribution in [2.45, 2.75) is 64.8 Å². The van der Waals surface area contributed by atoms with Crippen LogP contribution >= 0.6 is 11.6 Å². The minimum Gasteiger partial charge on any atom is -0.381 e. The average molecular weight is 565 g/mol. The first-order valence-electron chi connectivity index (χ1n) is 14.2. The Morgan fingerprint density at radius 1 is 1.07 bits per heavy atom. The van der Waals surface area contributed by atoms with Gasteiger partial charge in [-0.25, -0.2) is 19.7 Å². The van der Waals surface area contributed by atoms with Gasteiger partial charge in [-0.2, -0.15) is 0 Å². The van der Waals surface area contributed by atoms with Crippen LogP contribution in [0, 0.1) is 17.8 Å². The molecule has 0 radical (unpaired) electrons. The molecule has 2 fully saturated rings. The number of benzene rings is 1. The van der Waals surface area contributed by atoms with E-state index in [-0.39, 0.29) is 23.3 Å². The second kappa shape index (κ2) is 11.6. The number of carbonyl (C=O) groups is 1. The van der Waals surface area contributed by atoms with Crippen molar-refractivity contribution in [3.8, 4) is 22.9 Å². The maximum absolute atomic E-state index is 13.9. The lowest BCUT2D eigenvalue weighted by molar-refractivity contribution is 0.0534. The molecule has 210 valence electrons. The summed E-state index contributed by atoms with van der Waals surface area (Å²) < 4.78 is 12.3. The van der Waals surface area contributed by atoms with Crippen LogP contribution in [0.2, 0.25) is 5.02 Å². The molecule has 0 amide bonds. The number of rotatable bonds is 8. The molecule has 2 aliphatic rings. The van der Waals surface area contributed by atoms with Crippen LogP contribution in [0.25, 0.3) is 34.1 Å². The maximum Gasteiger partial charge on any atom is 0.439 e. The molecule has 1 saturated heterocycles. The Hall–Kier alpha value is -3.37. The van der Waals surface area contributed by atoms with Crippen molar-refractivity contribution in [3.05, 3.63) is 45.7 Å². The van der Waals surface area contributed by atoms with Crippen molar-refractivity contribution in [3.63, 3.8) is 0 Å². The van der Waals surface area contributed by atoms with Gasteiger partial charge < -0.3 is 9.30 Å². The number of Topliss-reactive ketones (excluding diaryl/α,β-unsaturated/α-hetero) is 1. The van der Waals surface area contributed by atoms with Gasteiger partial charge in [0.2, 0.25) is 17.4 Å². The van der Waals surface area contributed by atoms with Gasteiger partial charge in [-0.3, -0.25) is 14.3 Å². The second-order valence-corrected chi connectivity index (χ2v) is 11.4. The van der Waals surface area contributed by atoms with Crippen LogP contribution in [0.4, 0.5) is 0 Å². The molecule has 0 unspecified atom stereocenters. The Balaban J connectivity index is 1.50. The molecule has 0 spiro atoms. The van der Waals surface area contributed by atoms with Crippen LogP contribution in [-0.2, 0) is 11.3 Å². The zero-order valence-corrected chi connectivity index (χ0v) is 23.3. The highest BCUT2D eigenvalue weighted by atomic mass is 35.5. The molecule has 3 aromatic heterocycles. The summed E-state index contributed by atoms with van der Waals surface area (Å²) in [5.74, 6) is 1.00. The number of nitrogens with one attached hydrogen (secondary N) is 1. The minimum absolute atomic E-state index is 0.00871. The second-order valence-electron chi connectivity index (χ2n) is 11.0. The zero-order valence-electron chi connectivity index (χ0n) is 22.6. The van der Waals surface area contributed by atoms with E-state index >= 15 is 0 Å². The largest absolute Gasteiger partial charge is 0.439 e. The van der Waals surface area contributed by atoms with Crippen LogP contribution in [0.5, 0.6) is 0 Å². The predicted octanol–water partition coefficient (Wildman–Crippen LogP) is 5.71. The molecule has 6 rings (SSSR count). The summed E-state index contributed by atoms with van der Waals surface area (Å²) in [5, 5.41) is 4.34. The van der Waals surface area contributed by atoms with E-state index in [4.69, 9.17) is 30.8 Å². The predicted molar refractivity (Wildman–Crippen MR) is 150 cm³/mol. The van der Waals surface area contributed by atoms with Gasteiger partial charge in [0, 0.05) is 36.3 Å². The van der Waals surface area contributed by atoms with Crippen LogP contribution in [0.3, 0.4) is 0 Å². The highest BCUT2D eigenvalue weighted by Crippen LogP contribution is 2.36. The molecular weight excluding hydrogens is 532 g/mol. The van der Waals surface area contributed by atoms with Crippen molar-refractivity contribution < 1.29 is 14.1 Å². The first-order valence-corrected chi connectivity index (χ1v) is 14.6. The van der Waals surface area contributed by atoms with Crippen molar-refractivity contribution in [1.29, 1.82) is 0 Å². The van der Waals surface area contributed by atoms with Crippen LogP contribution < -0.4 is 5.76 Å². The fraction of sp³-hybridized carbons (Fsp3) is 0.517. The molecule has 11 heteroatoms. The quantitative estimate of drug-likeness (QED) is 0.270. The summed E-state index contributed by atoms with van der Waals surface area (Å²) >= 11 is 6.39. The number of hydrogen-bond donors (Lipinski definition) is 1. The SMILES string of the molecule is CCCC1CCC(Cn2c(C(=O)C3CCOCC3)nc3nc(-c4noc(=O)[nH]4)nc(-c4cccc(Cl)c4)c32)CC1. The topological polar surface area (TPSA) is 129 Å². The molecule has 0 atom stereocenters. The monoisotopic (exact) mass is 564 g/mol. The molecule has 1 N–H and O–H groups in total. The summed E-state index contributed by atoms with van der Waals surface area (Å²) in [4.78, 5) is 42.5. The molecule has 4 aromatic rings. The molecule has 1 aromatic carbocycles. The van der Waals surface area contributed by atoms with Crippen molar-refractivity contribution in [2.24, 2.45) is 17.8 Å². The molecular formula is C29H33ClN6O4.